The predicted molar refractivity (Wildman–Crippen MR) is 294 cm³/mol. The van der Waals surface area contributed by atoms with Crippen LogP contribution in [0.4, 0.5) is 0 Å². The van der Waals surface area contributed by atoms with E-state index in [0.717, 1.165) is 135 Å². The average Bonchev–Trinajstić information content (AvgIpc) is 3.37. The molecule has 6 atom stereocenters. The monoisotopic (exact) mass is 1020 g/mol. The van der Waals surface area contributed by atoms with Crippen LogP contribution in [0.15, 0.2) is 97.2 Å². The first-order valence-electron chi connectivity index (χ1n) is 28.2. The molecule has 0 aromatic rings. The van der Waals surface area contributed by atoms with Crippen molar-refractivity contribution in [1.82, 2.24) is 0 Å². The van der Waals surface area contributed by atoms with Crippen molar-refractivity contribution in [2.45, 2.75) is 250 Å². The Hall–Kier alpha value is -4.36. The summed E-state index contributed by atoms with van der Waals surface area (Å²) in [5.74, 6) is -3.22. The molecule has 1 heterocycles. The van der Waals surface area contributed by atoms with Crippen LogP contribution >= 0.6 is 0 Å². The highest BCUT2D eigenvalue weighted by atomic mass is 16.7. The summed E-state index contributed by atoms with van der Waals surface area (Å²) in [5, 5.41) is 31.4. The fourth-order valence-electron chi connectivity index (χ4n) is 7.78. The Kier molecular flexibility index (Phi) is 44.4. The third-order valence-corrected chi connectivity index (χ3v) is 12.1. The molecule has 0 spiro atoms. The van der Waals surface area contributed by atoms with Gasteiger partial charge in [0.2, 0.25) is 0 Å². The van der Waals surface area contributed by atoms with Gasteiger partial charge in [-0.1, -0.05) is 176 Å². The van der Waals surface area contributed by atoms with Crippen molar-refractivity contribution in [3.05, 3.63) is 97.2 Å². The summed E-state index contributed by atoms with van der Waals surface area (Å²) in [6.07, 6.45) is 51.0. The molecule has 0 saturated carbocycles. The summed E-state index contributed by atoms with van der Waals surface area (Å²) < 4.78 is 28.3. The lowest BCUT2D eigenvalue weighted by Gasteiger charge is -2.40. The van der Waals surface area contributed by atoms with E-state index in [1.165, 1.54) is 19.3 Å². The Morgan fingerprint density at radius 2 is 0.890 bits per heavy atom. The first-order valence-corrected chi connectivity index (χ1v) is 28.2. The highest BCUT2D eigenvalue weighted by Gasteiger charge is 2.50. The van der Waals surface area contributed by atoms with Crippen molar-refractivity contribution in [3.63, 3.8) is 0 Å². The molecule has 12 nitrogen and oxygen atoms in total. The topological polar surface area (TPSA) is 175 Å². The van der Waals surface area contributed by atoms with E-state index in [1.807, 2.05) is 0 Å². The Morgan fingerprint density at radius 1 is 0.466 bits per heavy atom. The molecule has 1 aliphatic heterocycles. The van der Waals surface area contributed by atoms with Gasteiger partial charge in [-0.05, 0) is 116 Å². The van der Waals surface area contributed by atoms with Crippen LogP contribution in [0, 0.1) is 0 Å². The zero-order valence-electron chi connectivity index (χ0n) is 45.3. The number of hydrogen-bond donors (Lipinski definition) is 3. The molecule has 0 bridgehead atoms. The lowest BCUT2D eigenvalue weighted by Crippen LogP contribution is -2.61. The minimum Gasteiger partial charge on any atom is -0.479 e. The zero-order chi connectivity index (χ0) is 53.3. The van der Waals surface area contributed by atoms with Gasteiger partial charge in [-0.25, -0.2) is 4.79 Å². The number of aliphatic hydroxyl groups excluding tert-OH is 2. The maximum atomic E-state index is 13.1. The molecule has 12 heteroatoms. The maximum Gasteiger partial charge on any atom is 0.335 e. The van der Waals surface area contributed by atoms with Gasteiger partial charge in [0, 0.05) is 19.3 Å². The summed E-state index contributed by atoms with van der Waals surface area (Å²) in [6, 6.07) is 0. The molecule has 1 aliphatic rings. The fraction of sp³-hybridized carbons (Fsp3) is 0.672. The quantitative estimate of drug-likeness (QED) is 0.0228. The van der Waals surface area contributed by atoms with Crippen LogP contribution in [0.5, 0.6) is 0 Å². The summed E-state index contributed by atoms with van der Waals surface area (Å²) in [7, 11) is 0. The van der Waals surface area contributed by atoms with Gasteiger partial charge in [-0.15, -0.1) is 0 Å². The minimum atomic E-state index is -1.92. The lowest BCUT2D eigenvalue weighted by atomic mass is 9.98. The van der Waals surface area contributed by atoms with Gasteiger partial charge in [0.15, 0.2) is 24.6 Å². The molecule has 6 unspecified atom stereocenters. The Morgan fingerprint density at radius 3 is 1.40 bits per heavy atom. The molecule has 3 N–H and O–H groups in total. The fourth-order valence-corrected chi connectivity index (χ4v) is 7.78. The number of carboxylic acid groups (broad SMARTS) is 1. The van der Waals surface area contributed by atoms with Gasteiger partial charge in [0.05, 0.1) is 6.61 Å². The van der Waals surface area contributed by atoms with Gasteiger partial charge >= 0.3 is 23.9 Å². The molecule has 414 valence electrons. The van der Waals surface area contributed by atoms with E-state index in [9.17, 15) is 34.5 Å². The first kappa shape index (κ1) is 66.7. The third kappa shape index (κ3) is 38.8. The average molecular weight is 1020 g/mol. The van der Waals surface area contributed by atoms with E-state index >= 15 is 0 Å². The number of carboxylic acids is 1. The van der Waals surface area contributed by atoms with Crippen LogP contribution < -0.4 is 0 Å². The van der Waals surface area contributed by atoms with Gasteiger partial charge in [-0.2, -0.15) is 0 Å². The molecule has 1 rings (SSSR count). The number of rotatable bonds is 46. The third-order valence-electron chi connectivity index (χ3n) is 12.1. The number of carbonyl (C=O) groups is 4. The van der Waals surface area contributed by atoms with Crippen molar-refractivity contribution in [2.24, 2.45) is 0 Å². The molecule has 0 radical (unpaired) electrons. The van der Waals surface area contributed by atoms with Gasteiger partial charge in [-0.3, -0.25) is 14.4 Å². The summed E-state index contributed by atoms with van der Waals surface area (Å²) in [6.45, 7) is 5.71. The molecular formula is C61H98O12. The van der Waals surface area contributed by atoms with Crippen molar-refractivity contribution in [1.29, 1.82) is 0 Å². The van der Waals surface area contributed by atoms with E-state index in [-0.39, 0.29) is 25.9 Å². The number of allylic oxidation sites excluding steroid dienone is 16. The molecule has 73 heavy (non-hydrogen) atoms. The highest BCUT2D eigenvalue weighted by molar-refractivity contribution is 5.74. The number of ether oxygens (including phenoxy) is 5. The van der Waals surface area contributed by atoms with Crippen LogP contribution in [0.3, 0.4) is 0 Å². The second-order valence-electron chi connectivity index (χ2n) is 18.8. The molecule has 1 saturated heterocycles. The molecule has 0 aromatic carbocycles. The number of esters is 3. The number of hydrogen-bond acceptors (Lipinski definition) is 11. The van der Waals surface area contributed by atoms with E-state index in [1.54, 1.807) is 0 Å². The number of unbranched alkanes of at least 4 members (excludes halogenated alkanes) is 16. The smallest absolute Gasteiger partial charge is 0.335 e. The molecule has 0 aliphatic carbocycles. The van der Waals surface area contributed by atoms with Crippen molar-refractivity contribution >= 4 is 23.9 Å². The van der Waals surface area contributed by atoms with Crippen molar-refractivity contribution < 1.29 is 58.2 Å². The van der Waals surface area contributed by atoms with E-state index in [4.69, 9.17) is 23.7 Å². The van der Waals surface area contributed by atoms with Crippen LogP contribution in [0.2, 0.25) is 0 Å². The zero-order valence-corrected chi connectivity index (χ0v) is 45.3. The Bertz CT molecular complexity index is 1640. The second kappa shape index (κ2) is 48.6. The standard InChI is InChI=1S/C61H98O12/c1-4-7-10-13-16-19-22-25-27-30-32-35-38-41-44-47-53(62)69-50-52(71-54(63)48-45-42-39-36-34-31-28-26-23-20-17-14-11-8-5-2)51-70-61-59(57(66)56(65)58(73-61)60(67)68)72-55(64)49-46-43-40-37-33-29-24-21-18-15-12-9-6-3/h7,10,12,15-17,19-21,24-28,32,35,52,56-59,61,65-66H,4-6,8-9,11,13-14,18,22-23,29-31,33-34,36-51H2,1-3H3,(H,67,68)/b10-7-,15-12-,19-16-,20-17-,24-21-,27-25-,28-26-,35-32-. The largest absolute Gasteiger partial charge is 0.479 e. The number of carbonyl (C=O) groups excluding carboxylic acids is 3. The second-order valence-corrected chi connectivity index (χ2v) is 18.8. The predicted octanol–water partition coefficient (Wildman–Crippen LogP) is 14.1. The number of aliphatic carboxylic acids is 1. The maximum absolute atomic E-state index is 13.1. The Labute approximate surface area is 441 Å². The van der Waals surface area contributed by atoms with Crippen LogP contribution in [-0.4, -0.2) is 89.2 Å². The van der Waals surface area contributed by atoms with Gasteiger partial charge < -0.3 is 39.0 Å². The van der Waals surface area contributed by atoms with Gasteiger partial charge in [0.1, 0.15) is 18.8 Å². The SMILES string of the molecule is CC/C=C\C/C=C\C/C=C\C/C=C\CCCCC(=O)OCC(COC1OC(C(=O)O)C(O)C(O)C1OC(=O)CCCCCCC/C=C\C/C=C\CCC)OC(=O)CCCCCCC/C=C\C/C=C\CCCCC. The van der Waals surface area contributed by atoms with Crippen LogP contribution in [0.1, 0.15) is 213 Å². The minimum absolute atomic E-state index is 0.0339. The summed E-state index contributed by atoms with van der Waals surface area (Å²) in [4.78, 5) is 51.0. The van der Waals surface area contributed by atoms with E-state index < -0.39 is 67.3 Å². The van der Waals surface area contributed by atoms with Crippen LogP contribution in [-0.2, 0) is 42.9 Å². The van der Waals surface area contributed by atoms with Crippen LogP contribution in [0.25, 0.3) is 0 Å². The van der Waals surface area contributed by atoms with Crippen molar-refractivity contribution in [3.8, 4) is 0 Å². The van der Waals surface area contributed by atoms with Gasteiger partial charge in [0.25, 0.3) is 0 Å². The van der Waals surface area contributed by atoms with E-state index in [2.05, 4.69) is 118 Å². The normalized spacial score (nSPS) is 19.1. The molecule has 0 aromatic heterocycles. The molecular weight excluding hydrogens is 925 g/mol. The Balaban J connectivity index is 2.77. The highest BCUT2D eigenvalue weighted by Crippen LogP contribution is 2.26. The molecule has 1 fully saturated rings. The summed E-state index contributed by atoms with van der Waals surface area (Å²) in [5.41, 5.74) is 0. The lowest BCUT2D eigenvalue weighted by molar-refractivity contribution is -0.301. The first-order chi connectivity index (χ1) is 35.6. The number of aliphatic hydroxyl groups is 2. The molecule has 0 amide bonds. The van der Waals surface area contributed by atoms with Crippen molar-refractivity contribution in [2.75, 3.05) is 13.2 Å². The van der Waals surface area contributed by atoms with E-state index in [0.29, 0.717) is 19.3 Å². The summed E-state index contributed by atoms with van der Waals surface area (Å²) >= 11 is 0.